The van der Waals surface area contributed by atoms with Crippen molar-refractivity contribution < 1.29 is 18.3 Å². The Morgan fingerprint density at radius 2 is 1.95 bits per heavy atom. The first-order chi connectivity index (χ1) is 9.71. The van der Waals surface area contributed by atoms with Crippen LogP contribution in [-0.2, 0) is 9.84 Å². The van der Waals surface area contributed by atoms with Crippen molar-refractivity contribution in [1.29, 1.82) is 5.26 Å². The molecule has 5 nitrogen and oxygen atoms in total. The minimum atomic E-state index is -3.60. The third-order valence-corrected chi connectivity index (χ3v) is 6.10. The van der Waals surface area contributed by atoms with E-state index >= 15 is 0 Å². The van der Waals surface area contributed by atoms with Crippen molar-refractivity contribution in [2.75, 3.05) is 5.75 Å². The Labute approximate surface area is 124 Å². The molecule has 0 aromatic heterocycles. The van der Waals surface area contributed by atoms with Crippen molar-refractivity contribution in [3.05, 3.63) is 28.8 Å². The van der Waals surface area contributed by atoms with E-state index in [4.69, 9.17) is 10.4 Å². The normalized spacial score (nSPS) is 16.2. The quantitative estimate of drug-likeness (QED) is 0.901. The fourth-order valence-electron chi connectivity index (χ4n) is 2.60. The van der Waals surface area contributed by atoms with Crippen LogP contribution in [0.1, 0.15) is 40.7 Å². The minimum Gasteiger partial charge on any atom is -0.478 e. The van der Waals surface area contributed by atoms with Crippen molar-refractivity contribution in [3.8, 4) is 6.07 Å². The van der Waals surface area contributed by atoms with Gasteiger partial charge in [0.1, 0.15) is 0 Å². The van der Waals surface area contributed by atoms with Gasteiger partial charge in [-0.3, -0.25) is 0 Å². The summed E-state index contributed by atoms with van der Waals surface area (Å²) in [5, 5.41) is 17.9. The Morgan fingerprint density at radius 3 is 2.43 bits per heavy atom. The SMILES string of the molecule is Cc1cc(C)c(S(=O)(=O)CC2(CC#N)CC2)cc1C(=O)O. The molecule has 0 amide bonds. The molecule has 0 atom stereocenters. The van der Waals surface area contributed by atoms with Gasteiger partial charge in [0.25, 0.3) is 0 Å². The number of benzene rings is 1. The number of carbonyl (C=O) groups is 1. The number of hydrogen-bond donors (Lipinski definition) is 1. The molecule has 1 fully saturated rings. The molecule has 0 saturated heterocycles. The highest BCUT2D eigenvalue weighted by molar-refractivity contribution is 7.91. The zero-order chi connectivity index (χ0) is 15.8. The summed E-state index contributed by atoms with van der Waals surface area (Å²) in [7, 11) is -3.60. The summed E-state index contributed by atoms with van der Waals surface area (Å²) in [6.07, 6.45) is 1.69. The number of aryl methyl sites for hydroxylation is 2. The van der Waals surface area contributed by atoms with Crippen LogP contribution in [0.4, 0.5) is 0 Å². The standard InChI is InChI=1S/C15H17NO4S/c1-10-7-11(2)13(8-12(10)14(17)18)21(19,20)9-15(3-4-15)5-6-16/h7-8H,3-5,9H2,1-2H3,(H,17,18). The molecule has 0 unspecified atom stereocenters. The molecule has 0 aliphatic heterocycles. The molecule has 0 radical (unpaired) electrons. The Bertz CT molecular complexity index is 740. The average Bonchev–Trinajstić information content (AvgIpc) is 3.07. The lowest BCUT2D eigenvalue weighted by atomic mass is 10.1. The molecule has 1 N–H and O–H groups in total. The van der Waals surface area contributed by atoms with E-state index in [1.54, 1.807) is 19.9 Å². The molecule has 1 aromatic carbocycles. The van der Waals surface area contributed by atoms with Gasteiger partial charge >= 0.3 is 5.97 Å². The highest BCUT2D eigenvalue weighted by Gasteiger charge is 2.46. The first-order valence-electron chi connectivity index (χ1n) is 6.65. The topological polar surface area (TPSA) is 95.2 Å². The predicted molar refractivity (Wildman–Crippen MR) is 76.8 cm³/mol. The molecule has 112 valence electrons. The van der Waals surface area contributed by atoms with Crippen molar-refractivity contribution in [3.63, 3.8) is 0 Å². The van der Waals surface area contributed by atoms with E-state index < -0.39 is 21.2 Å². The highest BCUT2D eigenvalue weighted by atomic mass is 32.2. The van der Waals surface area contributed by atoms with Crippen LogP contribution in [-0.4, -0.2) is 25.2 Å². The molecule has 2 rings (SSSR count). The molecular formula is C15H17NO4S. The van der Waals surface area contributed by atoms with Crippen molar-refractivity contribution in [2.45, 2.75) is 38.0 Å². The molecule has 0 bridgehead atoms. The zero-order valence-electron chi connectivity index (χ0n) is 12.0. The maximum absolute atomic E-state index is 12.6. The van der Waals surface area contributed by atoms with Crippen LogP contribution in [0.25, 0.3) is 0 Å². The summed E-state index contributed by atoms with van der Waals surface area (Å²) < 4.78 is 25.1. The average molecular weight is 307 g/mol. The first-order valence-corrected chi connectivity index (χ1v) is 8.30. The van der Waals surface area contributed by atoms with Crippen LogP contribution in [0.3, 0.4) is 0 Å². The minimum absolute atomic E-state index is 0.00399. The van der Waals surface area contributed by atoms with Gasteiger partial charge in [-0.25, -0.2) is 13.2 Å². The number of nitrogens with zero attached hydrogens (tertiary/aromatic N) is 1. The summed E-state index contributed by atoms with van der Waals surface area (Å²) in [6, 6.07) is 4.86. The van der Waals surface area contributed by atoms with Gasteiger partial charge in [-0.1, -0.05) is 6.07 Å². The predicted octanol–water partition coefficient (Wildman–Crippen LogP) is 2.47. The second kappa shape index (κ2) is 5.15. The number of sulfone groups is 1. The first kappa shape index (κ1) is 15.5. The highest BCUT2D eigenvalue weighted by Crippen LogP contribution is 2.50. The van der Waals surface area contributed by atoms with Gasteiger partial charge in [0, 0.05) is 6.42 Å². The fourth-order valence-corrected chi connectivity index (χ4v) is 4.79. The van der Waals surface area contributed by atoms with E-state index in [9.17, 15) is 13.2 Å². The van der Waals surface area contributed by atoms with E-state index in [0.717, 1.165) is 12.8 Å². The van der Waals surface area contributed by atoms with E-state index in [1.807, 2.05) is 6.07 Å². The smallest absolute Gasteiger partial charge is 0.335 e. The summed E-state index contributed by atoms with van der Waals surface area (Å²) in [5.74, 6) is -1.22. The summed E-state index contributed by atoms with van der Waals surface area (Å²) in [4.78, 5) is 11.2. The second-order valence-electron chi connectivity index (χ2n) is 5.83. The fraction of sp³-hybridized carbons (Fsp3) is 0.467. The van der Waals surface area contributed by atoms with Crippen LogP contribution in [0.15, 0.2) is 17.0 Å². The summed E-state index contributed by atoms with van der Waals surface area (Å²) >= 11 is 0. The number of rotatable bonds is 5. The molecule has 1 aliphatic rings. The Kier molecular flexibility index (Phi) is 3.81. The van der Waals surface area contributed by atoms with Gasteiger partial charge in [-0.2, -0.15) is 5.26 Å². The number of carboxylic acid groups (broad SMARTS) is 1. The van der Waals surface area contributed by atoms with E-state index in [1.165, 1.54) is 6.07 Å². The molecule has 1 aliphatic carbocycles. The third kappa shape index (κ3) is 3.08. The molecule has 6 heteroatoms. The molecule has 0 heterocycles. The van der Waals surface area contributed by atoms with Gasteiger partial charge in [-0.15, -0.1) is 0 Å². The molecule has 0 spiro atoms. The lowest BCUT2D eigenvalue weighted by Crippen LogP contribution is -2.19. The zero-order valence-corrected chi connectivity index (χ0v) is 12.8. The van der Waals surface area contributed by atoms with Crippen LogP contribution >= 0.6 is 0 Å². The van der Waals surface area contributed by atoms with Crippen LogP contribution in [0.2, 0.25) is 0 Å². The van der Waals surface area contributed by atoms with Crippen LogP contribution in [0, 0.1) is 30.6 Å². The van der Waals surface area contributed by atoms with E-state index in [0.29, 0.717) is 11.1 Å². The summed E-state index contributed by atoms with van der Waals surface area (Å²) in [6.45, 7) is 3.31. The Hall–Kier alpha value is -1.87. The maximum Gasteiger partial charge on any atom is 0.335 e. The van der Waals surface area contributed by atoms with Gasteiger partial charge in [-0.05, 0) is 49.3 Å². The monoisotopic (exact) mass is 307 g/mol. The van der Waals surface area contributed by atoms with Crippen molar-refractivity contribution in [1.82, 2.24) is 0 Å². The second-order valence-corrected chi connectivity index (χ2v) is 7.79. The van der Waals surface area contributed by atoms with Gasteiger partial charge in [0.2, 0.25) is 0 Å². The van der Waals surface area contributed by atoms with Crippen molar-refractivity contribution in [2.24, 2.45) is 5.41 Å². The van der Waals surface area contributed by atoms with Gasteiger partial charge in [0.15, 0.2) is 9.84 Å². The van der Waals surface area contributed by atoms with E-state index in [2.05, 4.69) is 0 Å². The van der Waals surface area contributed by atoms with Crippen LogP contribution < -0.4 is 0 Å². The number of nitriles is 1. The molecule has 1 saturated carbocycles. The lowest BCUT2D eigenvalue weighted by Gasteiger charge is -2.15. The van der Waals surface area contributed by atoms with Gasteiger partial charge in [0.05, 0.1) is 22.3 Å². The van der Waals surface area contributed by atoms with Gasteiger partial charge < -0.3 is 5.11 Å². The molecule has 21 heavy (non-hydrogen) atoms. The number of aromatic carboxylic acids is 1. The largest absolute Gasteiger partial charge is 0.478 e. The van der Waals surface area contributed by atoms with Crippen LogP contribution in [0.5, 0.6) is 0 Å². The Balaban J connectivity index is 2.43. The maximum atomic E-state index is 12.6. The molecular weight excluding hydrogens is 290 g/mol. The number of hydrogen-bond acceptors (Lipinski definition) is 4. The Morgan fingerprint density at radius 1 is 1.33 bits per heavy atom. The number of carboxylic acids is 1. The molecule has 1 aromatic rings. The van der Waals surface area contributed by atoms with E-state index in [-0.39, 0.29) is 22.6 Å². The lowest BCUT2D eigenvalue weighted by molar-refractivity contribution is 0.0696. The third-order valence-electron chi connectivity index (χ3n) is 3.99. The van der Waals surface area contributed by atoms with Crippen molar-refractivity contribution >= 4 is 15.8 Å². The summed E-state index contributed by atoms with van der Waals surface area (Å²) in [5.41, 5.74) is 0.653.